The van der Waals surface area contributed by atoms with Gasteiger partial charge in [-0.15, -0.1) is 0 Å². The van der Waals surface area contributed by atoms with Crippen LogP contribution in [0.1, 0.15) is 33.5 Å². The molecule has 0 saturated heterocycles. The van der Waals surface area contributed by atoms with E-state index in [1.165, 1.54) is 17.5 Å². The molecule has 0 amide bonds. The number of ketones is 1. The zero-order valence-corrected chi connectivity index (χ0v) is 12.2. The monoisotopic (exact) mass is 281 g/mol. The molecule has 0 saturated carbocycles. The molecule has 0 heterocycles. The lowest BCUT2D eigenvalue weighted by molar-refractivity contribution is 0.0994. The Balaban J connectivity index is 1.80. The van der Waals surface area contributed by atoms with Gasteiger partial charge in [-0.25, -0.2) is 0 Å². The Labute approximate surface area is 124 Å². The molecule has 21 heavy (non-hydrogen) atoms. The number of hydrogen-bond donors (Lipinski definition) is 1. The smallest absolute Gasteiger partial charge is 0.169 e. The summed E-state index contributed by atoms with van der Waals surface area (Å²) in [6, 6.07) is 11.6. The number of carbonyl (C=O) groups excluding carboxylic acids is 1. The molecule has 0 radical (unpaired) electrons. The van der Waals surface area contributed by atoms with E-state index in [-0.39, 0.29) is 5.78 Å². The molecule has 2 aromatic carbocycles. The second-order valence-corrected chi connectivity index (χ2v) is 5.51. The highest BCUT2D eigenvalue weighted by Gasteiger charge is 2.14. The normalized spacial score (nSPS) is 13.0. The number of Topliss-reactive ketones (excluding diaryl/α,β-unsaturated/α-hetero) is 1. The number of hydrogen-bond acceptors (Lipinski definition) is 3. The molecule has 0 aromatic heterocycles. The number of nitrogens with two attached hydrogens (primary N) is 1. The Kier molecular flexibility index (Phi) is 3.65. The van der Waals surface area contributed by atoms with Crippen molar-refractivity contribution in [2.75, 3.05) is 12.8 Å². The number of carbonyl (C=O) groups is 1. The van der Waals surface area contributed by atoms with Crippen LogP contribution in [0.5, 0.6) is 5.75 Å². The quantitative estimate of drug-likeness (QED) is 0.691. The van der Waals surface area contributed by atoms with Crippen molar-refractivity contribution in [3.63, 3.8) is 0 Å². The van der Waals surface area contributed by atoms with Crippen molar-refractivity contribution in [2.24, 2.45) is 0 Å². The maximum absolute atomic E-state index is 12.4. The van der Waals surface area contributed by atoms with Crippen LogP contribution in [-0.2, 0) is 19.3 Å². The van der Waals surface area contributed by atoms with Gasteiger partial charge in [-0.2, -0.15) is 0 Å². The average Bonchev–Trinajstić information content (AvgIpc) is 2.94. The van der Waals surface area contributed by atoms with E-state index in [4.69, 9.17) is 10.5 Å². The molecule has 0 atom stereocenters. The number of methoxy groups -OCH3 is 1. The van der Waals surface area contributed by atoms with E-state index in [9.17, 15) is 4.79 Å². The lowest BCUT2D eigenvalue weighted by Crippen LogP contribution is -2.07. The summed E-state index contributed by atoms with van der Waals surface area (Å²) >= 11 is 0. The van der Waals surface area contributed by atoms with E-state index in [0.29, 0.717) is 23.4 Å². The van der Waals surface area contributed by atoms with E-state index in [2.05, 4.69) is 18.2 Å². The third kappa shape index (κ3) is 2.77. The van der Waals surface area contributed by atoms with Gasteiger partial charge in [0, 0.05) is 23.7 Å². The van der Waals surface area contributed by atoms with Crippen LogP contribution in [-0.4, -0.2) is 12.9 Å². The third-order valence-electron chi connectivity index (χ3n) is 4.09. The number of benzene rings is 2. The van der Waals surface area contributed by atoms with Crippen molar-refractivity contribution in [3.8, 4) is 5.75 Å². The van der Waals surface area contributed by atoms with E-state index < -0.39 is 0 Å². The standard InChI is InChI=1S/C18H19NO2/c1-21-15-7-8-16(17(19)11-15)18(20)10-12-5-6-13-3-2-4-14(13)9-12/h5-9,11H,2-4,10,19H2,1H3. The van der Waals surface area contributed by atoms with Gasteiger partial charge in [0.15, 0.2) is 5.78 Å². The number of rotatable bonds is 4. The first-order valence-corrected chi connectivity index (χ1v) is 7.25. The van der Waals surface area contributed by atoms with Crippen LogP contribution < -0.4 is 10.5 Å². The zero-order chi connectivity index (χ0) is 14.8. The number of anilines is 1. The van der Waals surface area contributed by atoms with Crippen molar-refractivity contribution < 1.29 is 9.53 Å². The van der Waals surface area contributed by atoms with Crippen molar-refractivity contribution in [1.82, 2.24) is 0 Å². The van der Waals surface area contributed by atoms with Crippen molar-refractivity contribution in [3.05, 3.63) is 58.7 Å². The summed E-state index contributed by atoms with van der Waals surface area (Å²) in [7, 11) is 1.58. The van der Waals surface area contributed by atoms with E-state index >= 15 is 0 Å². The second kappa shape index (κ2) is 5.60. The van der Waals surface area contributed by atoms with E-state index in [1.807, 2.05) is 0 Å². The molecule has 1 aliphatic rings. The summed E-state index contributed by atoms with van der Waals surface area (Å²) in [5, 5.41) is 0. The first-order valence-electron chi connectivity index (χ1n) is 7.25. The predicted molar refractivity (Wildman–Crippen MR) is 83.9 cm³/mol. The number of ether oxygens (including phenoxy) is 1. The number of fused-ring (bicyclic) bond motifs is 1. The Morgan fingerprint density at radius 3 is 2.71 bits per heavy atom. The van der Waals surface area contributed by atoms with Crippen LogP contribution in [0.3, 0.4) is 0 Å². The van der Waals surface area contributed by atoms with E-state index in [0.717, 1.165) is 18.4 Å². The molecule has 0 fully saturated rings. The Hall–Kier alpha value is -2.29. The molecule has 0 aliphatic heterocycles. The average molecular weight is 281 g/mol. The van der Waals surface area contributed by atoms with Crippen LogP contribution in [0.4, 0.5) is 5.69 Å². The molecule has 0 spiro atoms. The largest absolute Gasteiger partial charge is 0.497 e. The number of aryl methyl sites for hydroxylation is 2. The van der Waals surface area contributed by atoms with Gasteiger partial charge in [-0.3, -0.25) is 4.79 Å². The molecule has 3 heteroatoms. The van der Waals surface area contributed by atoms with Gasteiger partial charge in [0.1, 0.15) is 5.75 Å². The van der Waals surface area contributed by atoms with Gasteiger partial charge in [-0.05, 0) is 48.1 Å². The minimum absolute atomic E-state index is 0.0492. The topological polar surface area (TPSA) is 52.3 Å². The summed E-state index contributed by atoms with van der Waals surface area (Å²) in [6.07, 6.45) is 3.90. The van der Waals surface area contributed by atoms with Crippen molar-refractivity contribution in [2.45, 2.75) is 25.7 Å². The molecular weight excluding hydrogens is 262 g/mol. The van der Waals surface area contributed by atoms with Gasteiger partial charge >= 0.3 is 0 Å². The maximum atomic E-state index is 12.4. The van der Waals surface area contributed by atoms with Crippen LogP contribution in [0, 0.1) is 0 Å². The molecule has 3 nitrogen and oxygen atoms in total. The maximum Gasteiger partial charge on any atom is 0.169 e. The van der Waals surface area contributed by atoms with Gasteiger partial charge in [0.2, 0.25) is 0 Å². The molecule has 0 unspecified atom stereocenters. The molecule has 2 aromatic rings. The predicted octanol–water partition coefficient (Wildman–Crippen LogP) is 3.19. The molecule has 0 bridgehead atoms. The molecule has 108 valence electrons. The van der Waals surface area contributed by atoms with Crippen LogP contribution in [0.2, 0.25) is 0 Å². The Morgan fingerprint density at radius 2 is 1.95 bits per heavy atom. The second-order valence-electron chi connectivity index (χ2n) is 5.51. The van der Waals surface area contributed by atoms with Gasteiger partial charge in [0.05, 0.1) is 7.11 Å². The summed E-state index contributed by atoms with van der Waals surface area (Å²) < 4.78 is 5.11. The Morgan fingerprint density at radius 1 is 1.14 bits per heavy atom. The third-order valence-corrected chi connectivity index (χ3v) is 4.09. The van der Waals surface area contributed by atoms with Gasteiger partial charge in [-0.1, -0.05) is 18.2 Å². The van der Waals surface area contributed by atoms with Crippen molar-refractivity contribution >= 4 is 11.5 Å². The molecular formula is C18H19NO2. The summed E-state index contributed by atoms with van der Waals surface area (Å²) in [6.45, 7) is 0. The minimum Gasteiger partial charge on any atom is -0.497 e. The minimum atomic E-state index is 0.0492. The fourth-order valence-electron chi connectivity index (χ4n) is 2.94. The zero-order valence-electron chi connectivity index (χ0n) is 12.2. The van der Waals surface area contributed by atoms with Crippen LogP contribution in [0.25, 0.3) is 0 Å². The van der Waals surface area contributed by atoms with Crippen molar-refractivity contribution in [1.29, 1.82) is 0 Å². The highest BCUT2D eigenvalue weighted by Crippen LogP contribution is 2.25. The molecule has 2 N–H and O–H groups in total. The summed E-state index contributed by atoms with van der Waals surface area (Å²) in [5.74, 6) is 0.717. The van der Waals surface area contributed by atoms with Crippen LogP contribution >= 0.6 is 0 Å². The van der Waals surface area contributed by atoms with Gasteiger partial charge in [0.25, 0.3) is 0 Å². The summed E-state index contributed by atoms with van der Waals surface area (Å²) in [4.78, 5) is 12.4. The fraction of sp³-hybridized carbons (Fsp3) is 0.278. The molecule has 1 aliphatic carbocycles. The van der Waals surface area contributed by atoms with Gasteiger partial charge < -0.3 is 10.5 Å². The summed E-state index contributed by atoms with van der Waals surface area (Å²) in [5.41, 5.74) is 10.9. The highest BCUT2D eigenvalue weighted by atomic mass is 16.5. The molecule has 3 rings (SSSR count). The van der Waals surface area contributed by atoms with Crippen LogP contribution in [0.15, 0.2) is 36.4 Å². The van der Waals surface area contributed by atoms with E-state index in [1.54, 1.807) is 25.3 Å². The lowest BCUT2D eigenvalue weighted by Gasteiger charge is -2.08. The fourth-order valence-corrected chi connectivity index (χ4v) is 2.94. The number of nitrogen functional groups attached to an aromatic ring is 1. The first-order chi connectivity index (χ1) is 10.2. The SMILES string of the molecule is COc1ccc(C(=O)Cc2ccc3c(c2)CCC3)c(N)c1. The Bertz CT molecular complexity index is 692. The lowest BCUT2D eigenvalue weighted by atomic mass is 9.98. The highest BCUT2D eigenvalue weighted by molar-refractivity contribution is 6.02. The first kappa shape index (κ1) is 13.7.